The van der Waals surface area contributed by atoms with Crippen LogP contribution in [-0.2, 0) is 4.79 Å². The molecule has 0 aromatic carbocycles. The van der Waals surface area contributed by atoms with E-state index >= 15 is 0 Å². The van der Waals surface area contributed by atoms with Gasteiger partial charge in [-0.05, 0) is 25.7 Å². The zero-order valence-electron chi connectivity index (χ0n) is 9.62. The average Bonchev–Trinajstić information content (AvgIpc) is 2.26. The summed E-state index contributed by atoms with van der Waals surface area (Å²) in [6.07, 6.45) is 7.07. The Morgan fingerprint density at radius 2 is 2.00 bits per heavy atom. The molecule has 3 nitrogen and oxygen atoms in total. The molecule has 2 fully saturated rings. The Kier molecular flexibility index (Phi) is 3.90. The SMILES string of the molecule is O=C1C(Br)CCCN1CC1(O)CCCCC1. The van der Waals surface area contributed by atoms with E-state index in [9.17, 15) is 9.90 Å². The zero-order chi connectivity index (χ0) is 11.6. The molecule has 1 unspecified atom stereocenters. The molecule has 0 aromatic rings. The van der Waals surface area contributed by atoms with Crippen molar-refractivity contribution in [2.45, 2.75) is 55.4 Å². The van der Waals surface area contributed by atoms with E-state index in [1.165, 1.54) is 6.42 Å². The van der Waals surface area contributed by atoms with Gasteiger partial charge in [-0.1, -0.05) is 35.2 Å². The number of carbonyl (C=O) groups is 1. The highest BCUT2D eigenvalue weighted by Crippen LogP contribution is 2.30. The Morgan fingerprint density at radius 1 is 1.31 bits per heavy atom. The first kappa shape index (κ1) is 12.4. The van der Waals surface area contributed by atoms with E-state index in [1.807, 2.05) is 4.90 Å². The van der Waals surface area contributed by atoms with E-state index < -0.39 is 5.60 Å². The monoisotopic (exact) mass is 289 g/mol. The zero-order valence-corrected chi connectivity index (χ0v) is 11.2. The van der Waals surface area contributed by atoms with Crippen LogP contribution in [0.15, 0.2) is 0 Å². The maximum Gasteiger partial charge on any atom is 0.236 e. The first-order valence-corrected chi connectivity index (χ1v) is 7.18. The van der Waals surface area contributed by atoms with Crippen LogP contribution in [0.1, 0.15) is 44.9 Å². The highest BCUT2D eigenvalue weighted by atomic mass is 79.9. The van der Waals surface area contributed by atoms with Crippen molar-refractivity contribution in [2.75, 3.05) is 13.1 Å². The number of hydrogen-bond donors (Lipinski definition) is 1. The molecule has 92 valence electrons. The largest absolute Gasteiger partial charge is 0.388 e. The number of nitrogens with zero attached hydrogens (tertiary/aromatic N) is 1. The summed E-state index contributed by atoms with van der Waals surface area (Å²) in [6.45, 7) is 1.34. The first-order chi connectivity index (χ1) is 7.61. The molecule has 1 N–H and O–H groups in total. The maximum atomic E-state index is 11.9. The van der Waals surface area contributed by atoms with Gasteiger partial charge in [0.15, 0.2) is 0 Å². The van der Waals surface area contributed by atoms with Crippen molar-refractivity contribution in [3.05, 3.63) is 0 Å². The van der Waals surface area contributed by atoms with Crippen LogP contribution >= 0.6 is 15.9 Å². The number of piperidine rings is 1. The van der Waals surface area contributed by atoms with Gasteiger partial charge in [-0.3, -0.25) is 4.79 Å². The van der Waals surface area contributed by atoms with Crippen LogP contribution in [0.5, 0.6) is 0 Å². The van der Waals surface area contributed by atoms with E-state index in [0.717, 1.165) is 45.1 Å². The second kappa shape index (κ2) is 5.05. The molecule has 1 saturated carbocycles. The van der Waals surface area contributed by atoms with Crippen LogP contribution in [0.4, 0.5) is 0 Å². The van der Waals surface area contributed by atoms with Gasteiger partial charge >= 0.3 is 0 Å². The standard InChI is InChI=1S/C12H20BrNO2/c13-10-5-4-8-14(11(10)15)9-12(16)6-2-1-3-7-12/h10,16H,1-9H2. The van der Waals surface area contributed by atoms with E-state index in [0.29, 0.717) is 6.54 Å². The molecule has 2 rings (SSSR count). The predicted molar refractivity (Wildman–Crippen MR) is 66.6 cm³/mol. The number of likely N-dealkylation sites (tertiary alicyclic amines) is 1. The summed E-state index contributed by atoms with van der Waals surface area (Å²) in [5.41, 5.74) is -0.613. The smallest absolute Gasteiger partial charge is 0.236 e. The highest BCUT2D eigenvalue weighted by Gasteiger charge is 2.35. The molecule has 1 amide bonds. The number of alkyl halides is 1. The van der Waals surface area contributed by atoms with E-state index in [2.05, 4.69) is 15.9 Å². The van der Waals surface area contributed by atoms with Crippen LogP contribution in [0.2, 0.25) is 0 Å². The van der Waals surface area contributed by atoms with Crippen molar-refractivity contribution in [1.29, 1.82) is 0 Å². The van der Waals surface area contributed by atoms with Gasteiger partial charge in [-0.2, -0.15) is 0 Å². The lowest BCUT2D eigenvalue weighted by Crippen LogP contribution is -2.51. The molecule has 4 heteroatoms. The van der Waals surface area contributed by atoms with Crippen LogP contribution in [0.25, 0.3) is 0 Å². The van der Waals surface area contributed by atoms with Gasteiger partial charge in [0.2, 0.25) is 5.91 Å². The van der Waals surface area contributed by atoms with Crippen LogP contribution in [0, 0.1) is 0 Å². The fourth-order valence-corrected chi connectivity index (χ4v) is 3.39. The molecule has 0 spiro atoms. The summed E-state index contributed by atoms with van der Waals surface area (Å²) >= 11 is 3.40. The van der Waals surface area contributed by atoms with Gasteiger partial charge < -0.3 is 10.0 Å². The molecule has 1 saturated heterocycles. The van der Waals surface area contributed by atoms with Gasteiger partial charge in [0.25, 0.3) is 0 Å². The summed E-state index contributed by atoms with van der Waals surface area (Å²) in [7, 11) is 0. The van der Waals surface area contributed by atoms with E-state index in [4.69, 9.17) is 0 Å². The number of halogens is 1. The lowest BCUT2D eigenvalue weighted by Gasteiger charge is -2.39. The van der Waals surface area contributed by atoms with Crippen molar-refractivity contribution in [2.24, 2.45) is 0 Å². The minimum atomic E-state index is -0.613. The molecular weight excluding hydrogens is 270 g/mol. The lowest BCUT2D eigenvalue weighted by molar-refractivity contribution is -0.137. The minimum Gasteiger partial charge on any atom is -0.388 e. The summed E-state index contributed by atoms with van der Waals surface area (Å²) < 4.78 is 0. The van der Waals surface area contributed by atoms with Crippen LogP contribution in [0.3, 0.4) is 0 Å². The Balaban J connectivity index is 1.94. The lowest BCUT2D eigenvalue weighted by atomic mass is 9.84. The third kappa shape index (κ3) is 2.77. The van der Waals surface area contributed by atoms with Crippen molar-refractivity contribution < 1.29 is 9.90 Å². The molecule has 0 aromatic heterocycles. The molecule has 2 aliphatic rings. The number of β-amino-alcohol motifs (C(OH)–C–C–N with tert-alkyl or cyclic N) is 1. The van der Waals surface area contributed by atoms with Gasteiger partial charge in [-0.15, -0.1) is 0 Å². The number of carbonyl (C=O) groups excluding carboxylic acids is 1. The fraction of sp³-hybridized carbons (Fsp3) is 0.917. The first-order valence-electron chi connectivity index (χ1n) is 6.26. The molecule has 0 bridgehead atoms. The van der Waals surface area contributed by atoms with Gasteiger partial charge in [0.05, 0.1) is 10.4 Å². The number of hydrogen-bond acceptors (Lipinski definition) is 2. The van der Waals surface area contributed by atoms with Gasteiger partial charge in [0, 0.05) is 13.1 Å². The molecular formula is C12H20BrNO2. The minimum absolute atomic E-state index is 0.0339. The number of aliphatic hydroxyl groups is 1. The van der Waals surface area contributed by atoms with Crippen LogP contribution < -0.4 is 0 Å². The Hall–Kier alpha value is -0.0900. The summed E-state index contributed by atoms with van der Waals surface area (Å²) in [5, 5.41) is 10.4. The molecule has 1 heterocycles. The second-order valence-corrected chi connectivity index (χ2v) is 6.26. The van der Waals surface area contributed by atoms with Crippen LogP contribution in [-0.4, -0.2) is 39.4 Å². The molecule has 1 aliphatic heterocycles. The van der Waals surface area contributed by atoms with Crippen molar-refractivity contribution >= 4 is 21.8 Å². The number of amides is 1. The normalized spacial score (nSPS) is 30.5. The van der Waals surface area contributed by atoms with E-state index in [1.54, 1.807) is 0 Å². The van der Waals surface area contributed by atoms with Gasteiger partial charge in [0.1, 0.15) is 0 Å². The topological polar surface area (TPSA) is 40.5 Å². The van der Waals surface area contributed by atoms with Crippen molar-refractivity contribution in [3.63, 3.8) is 0 Å². The molecule has 16 heavy (non-hydrogen) atoms. The third-order valence-electron chi connectivity index (χ3n) is 3.73. The Labute approximate surface area is 105 Å². The third-order valence-corrected chi connectivity index (χ3v) is 4.58. The van der Waals surface area contributed by atoms with E-state index in [-0.39, 0.29) is 10.7 Å². The molecule has 1 aliphatic carbocycles. The van der Waals surface area contributed by atoms with Crippen molar-refractivity contribution in [3.8, 4) is 0 Å². The Bertz CT molecular complexity index is 264. The number of rotatable bonds is 2. The molecule has 1 atom stereocenters. The maximum absolute atomic E-state index is 11.9. The average molecular weight is 290 g/mol. The summed E-state index contributed by atoms with van der Waals surface area (Å²) in [6, 6.07) is 0. The highest BCUT2D eigenvalue weighted by molar-refractivity contribution is 9.10. The summed E-state index contributed by atoms with van der Waals surface area (Å²) in [4.78, 5) is 13.7. The second-order valence-electron chi connectivity index (χ2n) is 5.15. The van der Waals surface area contributed by atoms with Crippen molar-refractivity contribution in [1.82, 2.24) is 4.90 Å². The quantitative estimate of drug-likeness (QED) is 0.791. The predicted octanol–water partition coefficient (Wildman–Crippen LogP) is 2.07. The fourth-order valence-electron chi connectivity index (χ4n) is 2.77. The van der Waals surface area contributed by atoms with Gasteiger partial charge in [-0.25, -0.2) is 0 Å². The summed E-state index contributed by atoms with van der Waals surface area (Å²) in [5.74, 6) is 0.158. The Morgan fingerprint density at radius 3 is 2.69 bits per heavy atom. The molecule has 0 radical (unpaired) electrons.